The van der Waals surface area contributed by atoms with Gasteiger partial charge in [-0.1, -0.05) is 0 Å². The van der Waals surface area contributed by atoms with E-state index >= 15 is 0 Å². The second-order valence-corrected chi connectivity index (χ2v) is 5.53. The standard InChI is InChI=1S/C11H20N2O2S/c1-15-6-9-2-4-13(5-3-9)11(14)10-7-16-8-12-10/h9-10,12H,2-8H2,1H3. The number of nitrogens with zero attached hydrogens (tertiary/aromatic N) is 1. The molecule has 1 amide bonds. The molecule has 5 heteroatoms. The number of thioether (sulfide) groups is 1. The second-order valence-electron chi connectivity index (χ2n) is 4.50. The summed E-state index contributed by atoms with van der Waals surface area (Å²) >= 11 is 1.80. The third-order valence-electron chi connectivity index (χ3n) is 3.34. The predicted molar refractivity (Wildman–Crippen MR) is 65.4 cm³/mol. The number of likely N-dealkylation sites (tertiary alicyclic amines) is 1. The van der Waals surface area contributed by atoms with E-state index in [1.165, 1.54) is 0 Å². The molecule has 2 saturated heterocycles. The van der Waals surface area contributed by atoms with Crippen LogP contribution in [-0.4, -0.2) is 55.3 Å². The summed E-state index contributed by atoms with van der Waals surface area (Å²) in [5, 5.41) is 3.24. The van der Waals surface area contributed by atoms with E-state index in [1.807, 2.05) is 4.90 Å². The first-order chi connectivity index (χ1) is 7.81. The van der Waals surface area contributed by atoms with E-state index in [4.69, 9.17) is 4.74 Å². The zero-order chi connectivity index (χ0) is 11.4. The number of methoxy groups -OCH3 is 1. The predicted octanol–water partition coefficient (Wildman–Crippen LogP) is 0.534. The first kappa shape index (κ1) is 12.2. The molecule has 2 fully saturated rings. The Morgan fingerprint density at radius 3 is 2.81 bits per heavy atom. The summed E-state index contributed by atoms with van der Waals surface area (Å²) in [5.41, 5.74) is 0. The lowest BCUT2D eigenvalue weighted by atomic mass is 9.97. The van der Waals surface area contributed by atoms with E-state index in [1.54, 1.807) is 18.9 Å². The van der Waals surface area contributed by atoms with Crippen LogP contribution in [0.3, 0.4) is 0 Å². The average Bonchev–Trinajstić information content (AvgIpc) is 2.83. The molecule has 2 aliphatic rings. The molecule has 2 heterocycles. The van der Waals surface area contributed by atoms with Crippen molar-refractivity contribution in [3.05, 3.63) is 0 Å². The SMILES string of the molecule is COCC1CCN(C(=O)C2CSCN2)CC1. The van der Waals surface area contributed by atoms with Gasteiger partial charge in [0.1, 0.15) is 0 Å². The van der Waals surface area contributed by atoms with E-state index in [0.29, 0.717) is 11.8 Å². The maximum absolute atomic E-state index is 12.1. The molecule has 1 N–H and O–H groups in total. The van der Waals surface area contributed by atoms with Crippen LogP contribution in [0.2, 0.25) is 0 Å². The molecular formula is C11H20N2O2S. The van der Waals surface area contributed by atoms with Gasteiger partial charge in [-0.3, -0.25) is 10.1 Å². The lowest BCUT2D eigenvalue weighted by molar-refractivity contribution is -0.134. The zero-order valence-electron chi connectivity index (χ0n) is 9.78. The number of ether oxygens (including phenoxy) is 1. The Hall–Kier alpha value is -0.260. The van der Waals surface area contributed by atoms with Crippen LogP contribution in [0.15, 0.2) is 0 Å². The highest BCUT2D eigenvalue weighted by Crippen LogP contribution is 2.19. The van der Waals surface area contributed by atoms with Crippen molar-refractivity contribution in [3.8, 4) is 0 Å². The van der Waals surface area contributed by atoms with E-state index in [0.717, 1.165) is 44.2 Å². The summed E-state index contributed by atoms with van der Waals surface area (Å²) in [7, 11) is 1.75. The van der Waals surface area contributed by atoms with Crippen LogP contribution < -0.4 is 5.32 Å². The molecule has 0 aromatic heterocycles. The number of hydrogen-bond donors (Lipinski definition) is 1. The molecule has 0 spiro atoms. The average molecular weight is 244 g/mol. The fourth-order valence-corrected chi connectivity index (χ4v) is 3.26. The van der Waals surface area contributed by atoms with E-state index in [-0.39, 0.29) is 6.04 Å². The molecule has 2 rings (SSSR count). The van der Waals surface area contributed by atoms with Crippen LogP contribution in [0.5, 0.6) is 0 Å². The van der Waals surface area contributed by atoms with Gasteiger partial charge in [0.2, 0.25) is 5.91 Å². The van der Waals surface area contributed by atoms with Crippen molar-refractivity contribution in [2.75, 3.05) is 38.4 Å². The Bertz CT molecular complexity index is 236. The van der Waals surface area contributed by atoms with E-state index < -0.39 is 0 Å². The van der Waals surface area contributed by atoms with Gasteiger partial charge < -0.3 is 9.64 Å². The summed E-state index contributed by atoms with van der Waals surface area (Å²) in [6.45, 7) is 2.63. The van der Waals surface area contributed by atoms with Crippen LogP contribution in [-0.2, 0) is 9.53 Å². The van der Waals surface area contributed by atoms with Crippen molar-refractivity contribution in [1.82, 2.24) is 10.2 Å². The van der Waals surface area contributed by atoms with Crippen molar-refractivity contribution < 1.29 is 9.53 Å². The number of amides is 1. The summed E-state index contributed by atoms with van der Waals surface area (Å²) < 4.78 is 5.16. The van der Waals surface area contributed by atoms with Crippen LogP contribution >= 0.6 is 11.8 Å². The third kappa shape index (κ3) is 2.90. The van der Waals surface area contributed by atoms with Crippen molar-refractivity contribution >= 4 is 17.7 Å². The Morgan fingerprint density at radius 1 is 1.50 bits per heavy atom. The summed E-state index contributed by atoms with van der Waals surface area (Å²) in [4.78, 5) is 14.1. The van der Waals surface area contributed by atoms with Crippen molar-refractivity contribution in [2.45, 2.75) is 18.9 Å². The molecule has 1 unspecified atom stereocenters. The number of rotatable bonds is 3. The number of carbonyl (C=O) groups is 1. The van der Waals surface area contributed by atoms with Crippen LogP contribution in [0.1, 0.15) is 12.8 Å². The Balaban J connectivity index is 1.77. The third-order valence-corrected chi connectivity index (χ3v) is 4.28. The minimum atomic E-state index is 0.0592. The highest BCUT2D eigenvalue weighted by Gasteiger charge is 2.29. The molecule has 0 saturated carbocycles. The van der Waals surface area contributed by atoms with Gasteiger partial charge in [0.15, 0.2) is 0 Å². The largest absolute Gasteiger partial charge is 0.384 e. The molecule has 92 valence electrons. The maximum atomic E-state index is 12.1. The Labute approximate surface area is 101 Å². The molecular weight excluding hydrogens is 224 g/mol. The molecule has 0 aromatic carbocycles. The van der Waals surface area contributed by atoms with Crippen LogP contribution in [0.25, 0.3) is 0 Å². The lowest BCUT2D eigenvalue weighted by Gasteiger charge is -2.33. The Morgan fingerprint density at radius 2 is 2.25 bits per heavy atom. The normalized spacial score (nSPS) is 27.3. The molecule has 0 bridgehead atoms. The minimum Gasteiger partial charge on any atom is -0.384 e. The number of hydrogen-bond acceptors (Lipinski definition) is 4. The fourth-order valence-electron chi connectivity index (χ4n) is 2.33. The second kappa shape index (κ2) is 5.89. The van der Waals surface area contributed by atoms with Crippen LogP contribution in [0, 0.1) is 5.92 Å². The minimum absolute atomic E-state index is 0.0592. The first-order valence-electron chi connectivity index (χ1n) is 5.90. The van der Waals surface area contributed by atoms with E-state index in [9.17, 15) is 4.79 Å². The van der Waals surface area contributed by atoms with Gasteiger partial charge in [0, 0.05) is 38.4 Å². The van der Waals surface area contributed by atoms with Crippen molar-refractivity contribution in [1.29, 1.82) is 0 Å². The molecule has 16 heavy (non-hydrogen) atoms. The van der Waals surface area contributed by atoms with Gasteiger partial charge in [-0.05, 0) is 18.8 Å². The quantitative estimate of drug-likeness (QED) is 0.786. The summed E-state index contributed by atoms with van der Waals surface area (Å²) in [6, 6.07) is 0.0592. The maximum Gasteiger partial charge on any atom is 0.240 e. The Kier molecular flexibility index (Phi) is 4.49. The number of nitrogens with one attached hydrogen (secondary N) is 1. The molecule has 0 radical (unpaired) electrons. The van der Waals surface area contributed by atoms with Gasteiger partial charge >= 0.3 is 0 Å². The van der Waals surface area contributed by atoms with Crippen LogP contribution in [0.4, 0.5) is 0 Å². The molecule has 0 aromatic rings. The van der Waals surface area contributed by atoms with Gasteiger partial charge in [0.25, 0.3) is 0 Å². The molecule has 0 aliphatic carbocycles. The highest BCUT2D eigenvalue weighted by molar-refractivity contribution is 7.99. The molecule has 4 nitrogen and oxygen atoms in total. The van der Waals surface area contributed by atoms with E-state index in [2.05, 4.69) is 5.32 Å². The van der Waals surface area contributed by atoms with Gasteiger partial charge in [-0.25, -0.2) is 0 Å². The lowest BCUT2D eigenvalue weighted by Crippen LogP contribution is -2.48. The summed E-state index contributed by atoms with van der Waals surface area (Å²) in [6.07, 6.45) is 2.17. The number of carbonyl (C=O) groups excluding carboxylic acids is 1. The smallest absolute Gasteiger partial charge is 0.240 e. The number of piperidine rings is 1. The van der Waals surface area contributed by atoms with Crippen molar-refractivity contribution in [2.24, 2.45) is 5.92 Å². The zero-order valence-corrected chi connectivity index (χ0v) is 10.6. The summed E-state index contributed by atoms with van der Waals surface area (Å²) in [5.74, 6) is 2.77. The highest BCUT2D eigenvalue weighted by atomic mass is 32.2. The molecule has 2 aliphatic heterocycles. The van der Waals surface area contributed by atoms with Crippen molar-refractivity contribution in [3.63, 3.8) is 0 Å². The van der Waals surface area contributed by atoms with Gasteiger partial charge in [0.05, 0.1) is 6.04 Å². The first-order valence-corrected chi connectivity index (χ1v) is 7.05. The topological polar surface area (TPSA) is 41.6 Å². The monoisotopic (exact) mass is 244 g/mol. The molecule has 1 atom stereocenters. The van der Waals surface area contributed by atoms with Gasteiger partial charge in [-0.15, -0.1) is 11.8 Å². The van der Waals surface area contributed by atoms with Gasteiger partial charge in [-0.2, -0.15) is 0 Å². The fraction of sp³-hybridized carbons (Fsp3) is 0.909.